The van der Waals surface area contributed by atoms with Crippen molar-refractivity contribution in [3.63, 3.8) is 0 Å². The smallest absolute Gasteiger partial charge is 0.0965 e. The Labute approximate surface area is 473 Å². The van der Waals surface area contributed by atoms with Crippen LogP contribution < -0.4 is 49.0 Å². The summed E-state index contributed by atoms with van der Waals surface area (Å²) in [5.41, 5.74) is 0. The summed E-state index contributed by atoms with van der Waals surface area (Å²) < 4.78 is 25.8. The topological polar surface area (TPSA) is 90.5 Å². The first-order valence-electron chi connectivity index (χ1n) is 30.6. The van der Waals surface area contributed by atoms with Crippen molar-refractivity contribution in [2.24, 2.45) is 0 Å². The number of hydrogen-bond donors (Lipinski definition) is 10. The molecule has 15 heteroatoms. The Balaban J connectivity index is 0.000000424. The van der Waals surface area contributed by atoms with Crippen molar-refractivity contribution >= 4 is 0 Å². The second kappa shape index (κ2) is 42.3. The number of quaternary nitrogens is 10. The maximum Gasteiger partial charge on any atom is 0.0965 e. The van der Waals surface area contributed by atoms with Crippen LogP contribution in [0.25, 0.3) is 0 Å². The molecule has 10 rings (SSSR count). The first-order chi connectivity index (χ1) is 36.1. The molecule has 0 spiro atoms. The zero-order valence-corrected chi connectivity index (χ0v) is 52.1. The molecule has 0 bridgehead atoms. The molecule has 10 N–H and O–H groups in total. The largest absolute Gasteiger partial charge is 0.465 e. The average Bonchev–Trinajstić information content (AvgIpc) is 3.42. The van der Waals surface area contributed by atoms with Crippen molar-refractivity contribution in [3.05, 3.63) is 70.5 Å². The van der Waals surface area contributed by atoms with Crippen molar-refractivity contribution in [1.29, 1.82) is 0 Å². The fourth-order valence-electron chi connectivity index (χ4n) is 9.29. The number of likely N-dealkylation sites (tertiary alicyclic amines) is 10. The Hall–Kier alpha value is -0.600. The summed E-state index contributed by atoms with van der Waals surface area (Å²) in [4.78, 5) is 14.1. The molecule has 0 saturated carbocycles. The molecule has 0 radical (unpaired) electrons. The Morgan fingerprint density at radius 3 is 0.632 bits per heavy atom. The van der Waals surface area contributed by atoms with Crippen LogP contribution >= 0.6 is 0 Å². The van der Waals surface area contributed by atoms with Crippen molar-refractivity contribution < 1.29 is 72.7 Å². The van der Waals surface area contributed by atoms with Crippen molar-refractivity contribution in [1.82, 2.24) is 0 Å². The number of methoxy groups -OCH3 is 2. The fourth-order valence-corrected chi connectivity index (χ4v) is 9.29. The molecule has 10 aliphatic rings. The highest BCUT2D eigenvalue weighted by Gasteiger charge is 2.30. The second-order valence-corrected chi connectivity index (χ2v) is 24.3. The molecule has 0 aromatic heterocycles. The van der Waals surface area contributed by atoms with Gasteiger partial charge < -0.3 is 72.7 Å². The molecule has 9 unspecified atom stereocenters. The maximum absolute atomic E-state index is 5.40. The van der Waals surface area contributed by atoms with Gasteiger partial charge in [-0.2, -0.15) is 70.5 Å². The zero-order chi connectivity index (χ0) is 57.3. The molecule has 10 aliphatic heterocycles. The van der Waals surface area contributed by atoms with Gasteiger partial charge in [0.15, 0.2) is 0 Å². The third-order valence-corrected chi connectivity index (χ3v) is 18.1. The molecule has 0 amide bonds. The van der Waals surface area contributed by atoms with E-state index in [0.717, 1.165) is 102 Å². The molecular formula is C61H132N10O5. The van der Waals surface area contributed by atoms with E-state index < -0.39 is 0 Å². The van der Waals surface area contributed by atoms with Crippen LogP contribution in [-0.2, 0) is 23.7 Å². The monoisotopic (exact) mass is 1090 g/mol. The van der Waals surface area contributed by atoms with E-state index in [4.69, 9.17) is 23.7 Å². The van der Waals surface area contributed by atoms with Gasteiger partial charge in [0.1, 0.15) is 0 Å². The Bertz CT molecular complexity index is 1220. The SMILES string of the molecule is [CH2-][NH+]1CCC1C.[CH2-][NH+]1CC[C@@H]1C.[CH2-][NH+]1CC[C@@H]1COC.[CH2-][NH+]1CC[C@@H]1COCC.[CH2-][NH+]1CC[C@@H]1COCCC.[CH2-][NH+]1CC[C@H]1C.[CH2-][NH+]1CC[C@H]1COC.[CH2-][NH+]1CC[C@H]1COCC.[CH2-][NH+]1[C@@H](C)C[C@@H]1C.[CH2-][NH+]1[C@H](C)C[C@H]1C. The summed E-state index contributed by atoms with van der Waals surface area (Å²) in [6.07, 6.45) is 14.4. The summed E-state index contributed by atoms with van der Waals surface area (Å²) in [6.45, 7) is 38.8. The quantitative estimate of drug-likeness (QED) is 0.0638. The summed E-state index contributed by atoms with van der Waals surface area (Å²) in [5.74, 6) is 0. The van der Waals surface area contributed by atoms with Crippen LogP contribution in [0.5, 0.6) is 0 Å². The van der Waals surface area contributed by atoms with Crippen LogP contribution in [0.2, 0.25) is 0 Å². The lowest BCUT2D eigenvalue weighted by molar-refractivity contribution is -0.949. The Kier molecular flexibility index (Phi) is 40.8. The number of ether oxygens (including phenoxy) is 5. The molecule has 20 atom stereocenters. The lowest BCUT2D eigenvalue weighted by Crippen LogP contribution is -3.20. The lowest BCUT2D eigenvalue weighted by Gasteiger charge is -2.44. The highest BCUT2D eigenvalue weighted by Crippen LogP contribution is 2.02. The van der Waals surface area contributed by atoms with Gasteiger partial charge in [0.25, 0.3) is 0 Å². The molecule has 0 aliphatic carbocycles. The fraction of sp³-hybridized carbons (Fsp3) is 0.836. The summed E-state index contributed by atoms with van der Waals surface area (Å²) >= 11 is 0. The van der Waals surface area contributed by atoms with Crippen molar-refractivity contribution in [2.45, 2.75) is 212 Å². The molecule has 0 aromatic rings. The lowest BCUT2D eigenvalue weighted by atomic mass is 9.97. The molecular weight excluding hydrogens is 953 g/mol. The van der Waals surface area contributed by atoms with Crippen LogP contribution in [0.1, 0.15) is 140 Å². The van der Waals surface area contributed by atoms with Crippen LogP contribution in [0.4, 0.5) is 0 Å². The molecule has 456 valence electrons. The van der Waals surface area contributed by atoms with E-state index >= 15 is 0 Å². The van der Waals surface area contributed by atoms with Gasteiger partial charge in [0.2, 0.25) is 0 Å². The third kappa shape index (κ3) is 29.4. The molecule has 10 fully saturated rings. The van der Waals surface area contributed by atoms with E-state index in [-0.39, 0.29) is 0 Å². The molecule has 76 heavy (non-hydrogen) atoms. The molecule has 0 aromatic carbocycles. The van der Waals surface area contributed by atoms with E-state index in [2.05, 4.69) is 126 Å². The van der Waals surface area contributed by atoms with Crippen LogP contribution in [0.3, 0.4) is 0 Å². The zero-order valence-electron chi connectivity index (χ0n) is 52.1. The van der Waals surface area contributed by atoms with Gasteiger partial charge in [0.05, 0.1) is 158 Å². The van der Waals surface area contributed by atoms with E-state index in [1.807, 2.05) is 13.8 Å². The molecule has 15 nitrogen and oxygen atoms in total. The van der Waals surface area contributed by atoms with Gasteiger partial charge in [-0.15, -0.1) is 0 Å². The normalized spacial score (nSPS) is 38.6. The third-order valence-electron chi connectivity index (χ3n) is 18.1. The van der Waals surface area contributed by atoms with Crippen LogP contribution in [0, 0.1) is 70.5 Å². The van der Waals surface area contributed by atoms with E-state index in [1.54, 1.807) is 14.2 Å². The maximum atomic E-state index is 5.40. The first kappa shape index (κ1) is 73.4. The van der Waals surface area contributed by atoms with Crippen LogP contribution in [0.15, 0.2) is 0 Å². The summed E-state index contributed by atoms with van der Waals surface area (Å²) in [7, 11) is 42.4. The molecule has 10 saturated heterocycles. The predicted octanol–water partition coefficient (Wildman–Crippen LogP) is -4.98. The average molecular weight is 1090 g/mol. The molecule has 10 heterocycles. The first-order valence-corrected chi connectivity index (χ1v) is 30.6. The highest BCUT2D eigenvalue weighted by atomic mass is 16.5. The Morgan fingerprint density at radius 1 is 0.316 bits per heavy atom. The van der Waals surface area contributed by atoms with Gasteiger partial charge in [-0.3, -0.25) is 0 Å². The van der Waals surface area contributed by atoms with Gasteiger partial charge in [-0.1, -0.05) is 6.92 Å². The van der Waals surface area contributed by atoms with E-state index in [0.29, 0.717) is 30.2 Å². The van der Waals surface area contributed by atoms with Crippen molar-refractivity contribution in [2.75, 3.05) is 119 Å². The predicted molar refractivity (Wildman–Crippen MR) is 311 cm³/mol. The van der Waals surface area contributed by atoms with Gasteiger partial charge in [-0.25, -0.2) is 0 Å². The van der Waals surface area contributed by atoms with Gasteiger partial charge >= 0.3 is 0 Å². The minimum Gasteiger partial charge on any atom is -0.465 e. The summed E-state index contributed by atoms with van der Waals surface area (Å²) in [6, 6.07) is 9.19. The Morgan fingerprint density at radius 2 is 0.539 bits per heavy atom. The van der Waals surface area contributed by atoms with Gasteiger partial charge in [0, 0.05) is 98.2 Å². The van der Waals surface area contributed by atoms with E-state index in [1.165, 1.54) is 166 Å². The van der Waals surface area contributed by atoms with Crippen molar-refractivity contribution in [3.8, 4) is 0 Å². The van der Waals surface area contributed by atoms with Gasteiger partial charge in [-0.05, 0) is 68.7 Å². The second-order valence-electron chi connectivity index (χ2n) is 24.3. The van der Waals surface area contributed by atoms with E-state index in [9.17, 15) is 0 Å². The number of nitrogens with one attached hydrogen (secondary N) is 10. The standard InChI is InChI=1S/C8H17NO.2C7H15NO.2C6H13NO.2C6H13N.3C5H11N/c1-3-6-10-7-8-4-5-9(8)2;2*1-3-9-6-7-4-5-8(7)2;2*1-7-4-3-6(7)5-8-2;2*1-5-4-6(2)7(5)3;3*1-5-3-4-6(5)2/h8-9H,2-7H2,1H3;2*7-8H,2-6H2,1H3;2*6-7H,1,3-5H2,2H3;2*5-7H,3-4H2,1-2H3;3*5-6H,2-4H2,1H3/t8-;2*7-;2*6-;2*5-,6-;2*5-;/m110101010./s1. The minimum atomic E-state index is 0.681. The minimum absolute atomic E-state index is 0.681. The highest BCUT2D eigenvalue weighted by molar-refractivity contribution is 4.67. The van der Waals surface area contributed by atoms with Crippen LogP contribution in [-0.4, -0.2) is 192 Å². The number of rotatable bonds is 14. The summed E-state index contributed by atoms with van der Waals surface area (Å²) in [5, 5.41) is 0. The number of hydrogen-bond acceptors (Lipinski definition) is 5.